The van der Waals surface area contributed by atoms with Crippen molar-refractivity contribution in [3.63, 3.8) is 0 Å². The number of nitrogens with zero attached hydrogens (tertiary/aromatic N) is 6. The van der Waals surface area contributed by atoms with Gasteiger partial charge in [-0.25, -0.2) is 0 Å². The zero-order valence-electron chi connectivity index (χ0n) is 26.9. The van der Waals surface area contributed by atoms with Gasteiger partial charge in [0.05, 0.1) is 22.7 Å². The number of hydrogen-bond acceptors (Lipinski definition) is 8. The fraction of sp³-hybridized carbons (Fsp3) is 0.297. The molecule has 0 aromatic heterocycles. The molecule has 4 aromatic rings. The lowest BCUT2D eigenvalue weighted by Gasteiger charge is -2.19. The van der Waals surface area contributed by atoms with Crippen LogP contribution in [0.15, 0.2) is 130 Å². The minimum absolute atomic E-state index is 0.776. The average Bonchev–Trinajstić information content (AvgIpc) is 3.09. The van der Waals surface area contributed by atoms with E-state index in [-0.39, 0.29) is 0 Å². The van der Waals surface area contributed by atoms with E-state index in [4.69, 9.17) is 0 Å². The molecular formula is C37H46N8. The maximum atomic E-state index is 4.39. The van der Waals surface area contributed by atoms with Crippen molar-refractivity contribution in [2.45, 2.75) is 39.5 Å². The zero-order chi connectivity index (χ0) is 31.7. The third kappa shape index (κ3) is 10.9. The van der Waals surface area contributed by atoms with Crippen molar-refractivity contribution in [1.29, 1.82) is 0 Å². The van der Waals surface area contributed by atoms with Crippen LogP contribution in [0.4, 0.5) is 45.5 Å². The zero-order valence-corrected chi connectivity index (χ0v) is 26.9. The van der Waals surface area contributed by atoms with Gasteiger partial charge in [-0.3, -0.25) is 0 Å². The maximum Gasteiger partial charge on any atom is 0.0858 e. The molecule has 0 saturated heterocycles. The Morgan fingerprint density at radius 3 is 1.33 bits per heavy atom. The summed E-state index contributed by atoms with van der Waals surface area (Å²) in [6.45, 7) is 11.9. The smallest absolute Gasteiger partial charge is 0.0858 e. The van der Waals surface area contributed by atoms with Crippen LogP contribution in [0.25, 0.3) is 0 Å². The molecule has 234 valence electrons. The summed E-state index contributed by atoms with van der Waals surface area (Å²) in [7, 11) is 2.12. The first kappa shape index (κ1) is 32.9. The highest BCUT2D eigenvalue weighted by molar-refractivity contribution is 5.56. The monoisotopic (exact) mass is 602 g/mol. The van der Waals surface area contributed by atoms with Gasteiger partial charge in [0.2, 0.25) is 0 Å². The lowest BCUT2D eigenvalue weighted by molar-refractivity contribution is 0.767. The van der Waals surface area contributed by atoms with Gasteiger partial charge in [0.15, 0.2) is 0 Å². The van der Waals surface area contributed by atoms with Gasteiger partial charge >= 0.3 is 0 Å². The molecule has 0 unspecified atom stereocenters. The van der Waals surface area contributed by atoms with Gasteiger partial charge in [0, 0.05) is 56.0 Å². The van der Waals surface area contributed by atoms with E-state index < -0.39 is 0 Å². The molecule has 0 aliphatic carbocycles. The van der Waals surface area contributed by atoms with Gasteiger partial charge in [0.25, 0.3) is 0 Å². The summed E-state index contributed by atoms with van der Waals surface area (Å²) in [5.74, 6) is 0. The van der Waals surface area contributed by atoms with Gasteiger partial charge in [-0.2, -0.15) is 20.5 Å². The second-order valence-corrected chi connectivity index (χ2v) is 10.9. The van der Waals surface area contributed by atoms with Crippen LogP contribution < -0.4 is 20.4 Å². The highest BCUT2D eigenvalue weighted by atomic mass is 15.1. The van der Waals surface area contributed by atoms with Crippen molar-refractivity contribution >= 4 is 45.5 Å². The van der Waals surface area contributed by atoms with E-state index in [9.17, 15) is 0 Å². The number of unbranched alkanes of at least 4 members (excludes halogenated alkanes) is 2. The number of benzene rings is 4. The lowest BCUT2D eigenvalue weighted by Crippen LogP contribution is -2.17. The third-order valence-electron chi connectivity index (χ3n) is 7.37. The summed E-state index contributed by atoms with van der Waals surface area (Å²) in [6, 6.07) is 32.2. The molecule has 0 radical (unpaired) electrons. The Bertz CT molecular complexity index is 1480. The Labute approximate surface area is 268 Å². The normalized spacial score (nSPS) is 11.2. The van der Waals surface area contributed by atoms with E-state index in [1.54, 1.807) is 0 Å². The quantitative estimate of drug-likeness (QED) is 0.0877. The Hall–Kier alpha value is -4.98. The molecule has 0 heterocycles. The highest BCUT2D eigenvalue weighted by Gasteiger charge is 2.03. The molecule has 4 rings (SSSR count). The van der Waals surface area contributed by atoms with E-state index >= 15 is 0 Å². The van der Waals surface area contributed by atoms with Crippen LogP contribution >= 0.6 is 0 Å². The third-order valence-corrected chi connectivity index (χ3v) is 7.37. The van der Waals surface area contributed by atoms with Crippen molar-refractivity contribution in [3.8, 4) is 0 Å². The summed E-state index contributed by atoms with van der Waals surface area (Å²) in [5, 5.41) is 24.4. The average molecular weight is 603 g/mol. The summed E-state index contributed by atoms with van der Waals surface area (Å²) in [4.78, 5) is 4.42. The fourth-order valence-corrected chi connectivity index (χ4v) is 4.60. The standard InChI is InChI=1S/C37H46N8/c1-5-8-28-44(4)36-22-18-34(19-23-36)42-40-32-14-10-30(11-15-32)38-26-27-39-31-12-16-33(17-13-31)41-43-35-20-24-37(25-21-35)45(7-3)29-9-6-2/h7,10-25,38-39H,3,5-6,8-9,26-29H2,1-2,4H3. The van der Waals surface area contributed by atoms with E-state index in [1.165, 1.54) is 18.5 Å². The van der Waals surface area contributed by atoms with E-state index in [0.29, 0.717) is 0 Å². The molecule has 0 fully saturated rings. The van der Waals surface area contributed by atoms with Crippen LogP contribution in [0.2, 0.25) is 0 Å². The van der Waals surface area contributed by atoms with E-state index in [1.807, 2.05) is 79.0 Å². The van der Waals surface area contributed by atoms with Crippen molar-refractivity contribution in [2.24, 2.45) is 20.5 Å². The minimum Gasteiger partial charge on any atom is -0.383 e. The lowest BCUT2D eigenvalue weighted by atomic mass is 10.2. The first-order chi connectivity index (χ1) is 22.1. The molecule has 8 heteroatoms. The molecule has 0 spiro atoms. The number of azo groups is 2. The molecule has 0 bridgehead atoms. The summed E-state index contributed by atoms with van der Waals surface area (Å²) >= 11 is 0. The van der Waals surface area contributed by atoms with Crippen LogP contribution in [-0.2, 0) is 0 Å². The van der Waals surface area contributed by atoms with Crippen LogP contribution in [0.5, 0.6) is 0 Å². The highest BCUT2D eigenvalue weighted by Crippen LogP contribution is 2.25. The van der Waals surface area contributed by atoms with Crippen molar-refractivity contribution < 1.29 is 0 Å². The molecular weight excluding hydrogens is 556 g/mol. The van der Waals surface area contributed by atoms with E-state index in [2.05, 4.69) is 92.6 Å². The van der Waals surface area contributed by atoms with Crippen molar-refractivity contribution in [1.82, 2.24) is 0 Å². The molecule has 0 amide bonds. The van der Waals surface area contributed by atoms with Gasteiger partial charge in [-0.15, -0.1) is 0 Å². The number of anilines is 4. The Kier molecular flexibility index (Phi) is 13.1. The molecule has 0 aliphatic heterocycles. The molecule has 8 nitrogen and oxygen atoms in total. The van der Waals surface area contributed by atoms with Crippen molar-refractivity contribution in [3.05, 3.63) is 110 Å². The second kappa shape index (κ2) is 18.0. The Balaban J connectivity index is 1.17. The Morgan fingerprint density at radius 2 is 0.933 bits per heavy atom. The molecule has 45 heavy (non-hydrogen) atoms. The summed E-state index contributed by atoms with van der Waals surface area (Å²) in [6.07, 6.45) is 6.54. The minimum atomic E-state index is 0.776. The number of hydrogen-bond donors (Lipinski definition) is 2. The first-order valence-corrected chi connectivity index (χ1v) is 15.9. The van der Waals surface area contributed by atoms with Crippen LogP contribution in [0.1, 0.15) is 39.5 Å². The molecule has 0 aliphatic rings. The van der Waals surface area contributed by atoms with Gasteiger partial charge in [-0.1, -0.05) is 33.3 Å². The molecule has 2 N–H and O–H groups in total. The summed E-state index contributed by atoms with van der Waals surface area (Å²) < 4.78 is 0. The van der Waals surface area contributed by atoms with Gasteiger partial charge in [-0.05, 0) is 116 Å². The summed E-state index contributed by atoms with van der Waals surface area (Å²) in [5.41, 5.74) is 7.67. The SMILES string of the molecule is C=CN(CCCC)c1ccc(N=Nc2ccc(NCCNc3ccc(N=Nc4ccc(N(C)CCCC)cc4)cc3)cc2)cc1. The molecule has 4 aromatic carbocycles. The van der Waals surface area contributed by atoms with Gasteiger partial charge in [0.1, 0.15) is 0 Å². The van der Waals surface area contributed by atoms with Gasteiger partial charge < -0.3 is 20.4 Å². The Morgan fingerprint density at radius 1 is 0.556 bits per heavy atom. The number of rotatable bonds is 18. The van der Waals surface area contributed by atoms with Crippen LogP contribution in [0.3, 0.4) is 0 Å². The predicted octanol–water partition coefficient (Wildman–Crippen LogP) is 11.0. The molecule has 0 atom stereocenters. The van der Waals surface area contributed by atoms with Crippen molar-refractivity contribution in [2.75, 3.05) is 53.7 Å². The maximum absolute atomic E-state index is 4.39. The first-order valence-electron chi connectivity index (χ1n) is 15.9. The van der Waals surface area contributed by atoms with Crippen LogP contribution in [0, 0.1) is 0 Å². The predicted molar refractivity (Wildman–Crippen MR) is 192 cm³/mol. The number of nitrogens with one attached hydrogen (secondary N) is 2. The fourth-order valence-electron chi connectivity index (χ4n) is 4.60. The molecule has 0 saturated carbocycles. The van der Waals surface area contributed by atoms with E-state index in [0.717, 1.165) is 78.8 Å². The second-order valence-electron chi connectivity index (χ2n) is 10.9. The van der Waals surface area contributed by atoms with Crippen LogP contribution in [-0.4, -0.2) is 33.2 Å². The largest absolute Gasteiger partial charge is 0.383 e. The topological polar surface area (TPSA) is 80.0 Å².